The third kappa shape index (κ3) is 5.38. The number of rotatable bonds is 8. The summed E-state index contributed by atoms with van der Waals surface area (Å²) in [6.45, 7) is 2.00. The minimum Gasteiger partial charge on any atom is -0.478 e. The maximum atomic E-state index is 13.0. The lowest BCUT2D eigenvalue weighted by atomic mass is 10.1. The number of nitrogens with one attached hydrogen (secondary N) is 1. The highest BCUT2D eigenvalue weighted by Gasteiger charge is 2.17. The molecule has 0 saturated heterocycles. The Hall–Kier alpha value is -4.46. The number of carboxylic acid groups (broad SMARTS) is 1. The summed E-state index contributed by atoms with van der Waals surface area (Å²) in [6.07, 6.45) is 2.16. The topological polar surface area (TPSA) is 97.6 Å². The summed E-state index contributed by atoms with van der Waals surface area (Å²) in [4.78, 5) is 36.2. The number of nitrogens with zero attached hydrogens (tertiary/aromatic N) is 1. The van der Waals surface area contributed by atoms with Crippen molar-refractivity contribution in [3.05, 3.63) is 95.4 Å². The zero-order chi connectivity index (χ0) is 24.9. The molecule has 7 nitrogen and oxygen atoms in total. The van der Waals surface area contributed by atoms with Crippen LogP contribution in [0.1, 0.15) is 39.6 Å². The molecule has 0 aliphatic rings. The van der Waals surface area contributed by atoms with Crippen molar-refractivity contribution < 1.29 is 28.6 Å². The van der Waals surface area contributed by atoms with Gasteiger partial charge in [0.05, 0.1) is 23.3 Å². The van der Waals surface area contributed by atoms with Crippen molar-refractivity contribution in [3.8, 4) is 5.69 Å². The van der Waals surface area contributed by atoms with Crippen molar-refractivity contribution in [2.75, 3.05) is 11.9 Å². The molecule has 4 aromatic rings. The summed E-state index contributed by atoms with van der Waals surface area (Å²) in [5, 5.41) is 13.0. The third-order valence-corrected chi connectivity index (χ3v) is 5.53. The number of fused-ring (bicyclic) bond motifs is 1. The Balaban J connectivity index is 1.56. The van der Waals surface area contributed by atoms with Crippen molar-refractivity contribution in [2.24, 2.45) is 0 Å². The third-order valence-electron chi connectivity index (χ3n) is 5.53. The molecule has 0 atom stereocenters. The van der Waals surface area contributed by atoms with Gasteiger partial charge in [-0.2, -0.15) is 0 Å². The molecule has 1 heterocycles. The van der Waals surface area contributed by atoms with Crippen LogP contribution >= 0.6 is 0 Å². The number of halogens is 1. The Morgan fingerprint density at radius 2 is 1.71 bits per heavy atom. The lowest BCUT2D eigenvalue weighted by molar-refractivity contribution is -0.116. The molecule has 0 saturated carbocycles. The number of hydrogen-bond donors (Lipinski definition) is 2. The van der Waals surface area contributed by atoms with Crippen molar-refractivity contribution >= 4 is 34.4 Å². The number of hydrogen-bond acceptors (Lipinski definition) is 4. The van der Waals surface area contributed by atoms with E-state index < -0.39 is 11.9 Å². The van der Waals surface area contributed by atoms with Crippen molar-refractivity contribution in [2.45, 2.75) is 19.8 Å². The molecule has 0 unspecified atom stereocenters. The van der Waals surface area contributed by atoms with Gasteiger partial charge in [0.25, 0.3) is 0 Å². The van der Waals surface area contributed by atoms with E-state index in [9.17, 15) is 23.9 Å². The van der Waals surface area contributed by atoms with Gasteiger partial charge in [0.1, 0.15) is 5.82 Å². The molecule has 3 aromatic carbocycles. The fourth-order valence-electron chi connectivity index (χ4n) is 3.80. The highest BCUT2D eigenvalue weighted by Crippen LogP contribution is 2.28. The van der Waals surface area contributed by atoms with E-state index in [2.05, 4.69) is 5.32 Å². The van der Waals surface area contributed by atoms with Crippen LogP contribution < -0.4 is 5.32 Å². The largest absolute Gasteiger partial charge is 0.478 e. The first-order valence-electron chi connectivity index (χ1n) is 11.1. The molecular formula is C27H23FN2O5. The average Bonchev–Trinajstić information content (AvgIpc) is 3.23. The maximum absolute atomic E-state index is 13.0. The number of anilines is 1. The van der Waals surface area contributed by atoms with Crippen LogP contribution in [0.15, 0.2) is 72.9 Å². The van der Waals surface area contributed by atoms with E-state index in [0.29, 0.717) is 34.3 Å². The normalized spacial score (nSPS) is 10.8. The maximum Gasteiger partial charge on any atom is 0.338 e. The molecule has 0 radical (unpaired) electrons. The Morgan fingerprint density at radius 3 is 2.37 bits per heavy atom. The number of carbonyl (C=O) groups excluding carboxylic acids is 2. The van der Waals surface area contributed by atoms with Gasteiger partial charge < -0.3 is 19.7 Å². The van der Waals surface area contributed by atoms with Crippen LogP contribution in [0, 0.1) is 5.82 Å². The molecule has 35 heavy (non-hydrogen) atoms. The molecule has 0 aliphatic carbocycles. The number of benzene rings is 3. The second-order valence-corrected chi connectivity index (χ2v) is 7.89. The molecular weight excluding hydrogens is 451 g/mol. The van der Waals surface area contributed by atoms with E-state index in [1.54, 1.807) is 66.1 Å². The monoisotopic (exact) mass is 474 g/mol. The quantitative estimate of drug-likeness (QED) is 0.342. The van der Waals surface area contributed by atoms with E-state index in [1.165, 1.54) is 18.3 Å². The Labute approximate surface area is 200 Å². The van der Waals surface area contributed by atoms with Crippen LogP contribution in [0.3, 0.4) is 0 Å². The van der Waals surface area contributed by atoms with Crippen molar-refractivity contribution in [3.63, 3.8) is 0 Å². The van der Waals surface area contributed by atoms with E-state index >= 15 is 0 Å². The molecule has 8 heteroatoms. The molecule has 2 N–H and O–H groups in total. The molecule has 0 aliphatic heterocycles. The Bertz CT molecular complexity index is 1390. The number of aromatic carboxylic acids is 1. The number of aromatic nitrogens is 1. The summed E-state index contributed by atoms with van der Waals surface area (Å²) in [5.74, 6) is -2.10. The fraction of sp³-hybridized carbons (Fsp3) is 0.148. The number of amides is 1. The van der Waals surface area contributed by atoms with Gasteiger partial charge in [-0.1, -0.05) is 12.1 Å². The van der Waals surface area contributed by atoms with Crippen LogP contribution in [0.5, 0.6) is 0 Å². The first kappa shape index (κ1) is 23.7. The molecule has 0 spiro atoms. The second-order valence-electron chi connectivity index (χ2n) is 7.89. The number of aryl methyl sites for hydroxylation is 1. The lowest BCUT2D eigenvalue weighted by Gasteiger charge is -2.09. The Kier molecular flexibility index (Phi) is 6.91. The summed E-state index contributed by atoms with van der Waals surface area (Å²) in [7, 11) is 0. The number of carboxylic acids is 1. The van der Waals surface area contributed by atoms with Gasteiger partial charge in [0, 0.05) is 29.4 Å². The highest BCUT2D eigenvalue weighted by molar-refractivity contribution is 6.06. The van der Waals surface area contributed by atoms with Crippen LogP contribution in [-0.4, -0.2) is 34.1 Å². The predicted molar refractivity (Wildman–Crippen MR) is 130 cm³/mol. The fourth-order valence-corrected chi connectivity index (χ4v) is 3.80. The van der Waals surface area contributed by atoms with Gasteiger partial charge in [-0.05, 0) is 73.5 Å². The van der Waals surface area contributed by atoms with Gasteiger partial charge in [0.15, 0.2) is 0 Å². The number of carbonyl (C=O) groups is 3. The lowest BCUT2D eigenvalue weighted by Crippen LogP contribution is -2.12. The van der Waals surface area contributed by atoms with E-state index in [4.69, 9.17) is 4.74 Å². The van der Waals surface area contributed by atoms with Gasteiger partial charge >= 0.3 is 11.9 Å². The molecule has 0 bridgehead atoms. The number of esters is 1. The summed E-state index contributed by atoms with van der Waals surface area (Å²) >= 11 is 0. The van der Waals surface area contributed by atoms with Crippen molar-refractivity contribution in [1.82, 2.24) is 4.57 Å². The minimum absolute atomic E-state index is 0.0804. The van der Waals surface area contributed by atoms with Gasteiger partial charge in [-0.15, -0.1) is 0 Å². The average molecular weight is 474 g/mol. The first-order chi connectivity index (χ1) is 16.9. The SMILES string of the molecule is CCOC(=O)c1ccc(-n2cc(C(=O)O)c3cc(NC(=O)CCc4ccc(F)cc4)ccc32)cc1. The summed E-state index contributed by atoms with van der Waals surface area (Å²) in [5.41, 5.74) is 3.10. The molecule has 1 amide bonds. The zero-order valence-corrected chi connectivity index (χ0v) is 19.0. The van der Waals surface area contributed by atoms with E-state index in [-0.39, 0.29) is 30.3 Å². The van der Waals surface area contributed by atoms with Crippen molar-refractivity contribution in [1.29, 1.82) is 0 Å². The van der Waals surface area contributed by atoms with Crippen LogP contribution in [0.25, 0.3) is 16.6 Å². The highest BCUT2D eigenvalue weighted by atomic mass is 19.1. The van der Waals surface area contributed by atoms with Gasteiger partial charge in [0.2, 0.25) is 5.91 Å². The summed E-state index contributed by atoms with van der Waals surface area (Å²) in [6, 6.07) is 17.7. The molecule has 0 fully saturated rings. The van der Waals surface area contributed by atoms with E-state index in [1.807, 2.05) is 0 Å². The zero-order valence-electron chi connectivity index (χ0n) is 19.0. The standard InChI is InChI=1S/C27H23FN2O5/c1-2-35-27(34)18-6-11-21(12-7-18)30-16-23(26(32)33)22-15-20(10-13-24(22)30)29-25(31)14-5-17-3-8-19(28)9-4-17/h3-4,6-13,15-16H,2,5,14H2,1H3,(H,29,31)(H,32,33). The predicted octanol–water partition coefficient (Wildman–Crippen LogP) is 5.22. The molecule has 178 valence electrons. The molecule has 1 aromatic heterocycles. The smallest absolute Gasteiger partial charge is 0.338 e. The van der Waals surface area contributed by atoms with Gasteiger partial charge in [-0.3, -0.25) is 4.79 Å². The number of ether oxygens (including phenoxy) is 1. The minimum atomic E-state index is -1.10. The molecule has 4 rings (SSSR count). The van der Waals surface area contributed by atoms with Crippen LogP contribution in [0.2, 0.25) is 0 Å². The first-order valence-corrected chi connectivity index (χ1v) is 11.1. The second kappa shape index (κ2) is 10.2. The summed E-state index contributed by atoms with van der Waals surface area (Å²) < 4.78 is 19.8. The van der Waals surface area contributed by atoms with Crippen LogP contribution in [-0.2, 0) is 16.0 Å². The Morgan fingerprint density at radius 1 is 1.00 bits per heavy atom. The van der Waals surface area contributed by atoms with Gasteiger partial charge in [-0.25, -0.2) is 14.0 Å². The van der Waals surface area contributed by atoms with Crippen LogP contribution in [0.4, 0.5) is 10.1 Å². The van der Waals surface area contributed by atoms with E-state index in [0.717, 1.165) is 5.56 Å².